The predicted molar refractivity (Wildman–Crippen MR) is 14.2 cm³/mol. The van der Waals surface area contributed by atoms with E-state index in [1.165, 1.54) is 0 Å². The number of aliphatic hydroxyl groups is 2. The minimum Gasteiger partial charge on any atom is -0.388 e. The molecule has 0 spiro atoms. The van der Waals surface area contributed by atoms with Crippen molar-refractivity contribution in [1.29, 1.82) is 0 Å². The van der Waals surface area contributed by atoms with E-state index in [0.29, 0.717) is 0 Å². The summed E-state index contributed by atoms with van der Waals surface area (Å²) in [5.74, 6) is -1.65. The van der Waals surface area contributed by atoms with Crippen LogP contribution in [0.5, 0.6) is 0 Å². The first-order valence-corrected chi connectivity index (χ1v) is 1.47. The maximum atomic E-state index is 8.24. The van der Waals surface area contributed by atoms with Crippen molar-refractivity contribution in [2.24, 2.45) is 0 Å². The number of hydrogen-bond acceptors (Lipinski definition) is 4. The third-order valence-electron chi connectivity index (χ3n) is 0.476. The molecule has 1 heterocycles. The van der Waals surface area contributed by atoms with E-state index in [0.717, 1.165) is 0 Å². The van der Waals surface area contributed by atoms with Gasteiger partial charge in [0.05, 0.1) is 0 Å². The molecule has 1 rings (SSSR count). The van der Waals surface area contributed by atoms with E-state index in [2.05, 4.69) is 9.78 Å². The largest absolute Gasteiger partial charge is 0.388 e. The van der Waals surface area contributed by atoms with Crippen LogP contribution in [0.15, 0.2) is 0 Å². The maximum absolute atomic E-state index is 8.24. The number of rotatable bonds is 1. The molecule has 0 aromatic heterocycles. The van der Waals surface area contributed by atoms with Crippen LogP contribution in [0.4, 0.5) is 0 Å². The third-order valence-corrected chi connectivity index (χ3v) is 0.476. The van der Waals surface area contributed by atoms with Crippen molar-refractivity contribution in [2.45, 2.75) is 5.97 Å². The van der Waals surface area contributed by atoms with Gasteiger partial charge in [0.1, 0.15) is 6.61 Å². The second-order valence-electron chi connectivity index (χ2n) is 1.04. The first kappa shape index (κ1) is 7.72. The van der Waals surface area contributed by atoms with Crippen molar-refractivity contribution in [1.82, 2.24) is 0 Å². The molecule has 0 unspecified atom stereocenters. The smallest absolute Gasteiger partial charge is 0.360 e. The van der Waals surface area contributed by atoms with Crippen molar-refractivity contribution in [2.75, 3.05) is 6.61 Å². The Balaban J connectivity index is 0.000000360. The fourth-order valence-electron chi connectivity index (χ4n) is 0.101. The van der Waals surface area contributed by atoms with Gasteiger partial charge in [0.15, 0.2) is 0 Å². The average molecular weight is 183 g/mol. The van der Waals surface area contributed by atoms with E-state index in [-0.39, 0.29) is 26.2 Å². The minimum atomic E-state index is -1.65. The maximum Gasteiger partial charge on any atom is 0.360 e. The molecular formula is C2H4O4Zr. The summed E-state index contributed by atoms with van der Waals surface area (Å²) in [4.78, 5) is 7.70. The van der Waals surface area contributed by atoms with Crippen molar-refractivity contribution < 1.29 is 46.2 Å². The zero-order chi connectivity index (χ0) is 4.62. The number of hydrogen-bond donors (Lipinski definition) is 2. The van der Waals surface area contributed by atoms with Gasteiger partial charge in [-0.3, -0.25) is 0 Å². The van der Waals surface area contributed by atoms with Gasteiger partial charge in [-0.15, -0.1) is 0 Å². The Morgan fingerprint density at radius 3 is 1.86 bits per heavy atom. The average Bonchev–Trinajstić information content (AvgIpc) is 2.22. The first-order chi connectivity index (χ1) is 2.77. The molecule has 4 nitrogen and oxygen atoms in total. The summed E-state index contributed by atoms with van der Waals surface area (Å²) in [6, 6.07) is 0. The molecule has 0 radical (unpaired) electrons. The molecule has 40 valence electrons. The van der Waals surface area contributed by atoms with E-state index >= 15 is 0 Å². The van der Waals surface area contributed by atoms with Crippen LogP contribution in [-0.4, -0.2) is 22.8 Å². The van der Waals surface area contributed by atoms with Crippen molar-refractivity contribution in [3.05, 3.63) is 0 Å². The molecule has 2 N–H and O–H groups in total. The molecule has 7 heavy (non-hydrogen) atoms. The van der Waals surface area contributed by atoms with Gasteiger partial charge in [0.2, 0.25) is 0 Å². The Morgan fingerprint density at radius 2 is 1.86 bits per heavy atom. The molecule has 0 atom stereocenters. The molecule has 0 bridgehead atoms. The molecule has 0 amide bonds. The van der Waals surface area contributed by atoms with Crippen molar-refractivity contribution >= 4 is 0 Å². The summed E-state index contributed by atoms with van der Waals surface area (Å²) in [5.41, 5.74) is 0. The molecule has 0 aromatic rings. The Kier molecular flexibility index (Phi) is 2.57. The van der Waals surface area contributed by atoms with Crippen LogP contribution in [0.3, 0.4) is 0 Å². The van der Waals surface area contributed by atoms with Gasteiger partial charge in [-0.2, -0.15) is 9.78 Å². The minimum absolute atomic E-state index is 0. The Hall–Kier alpha value is 0.723. The molecule has 0 aliphatic carbocycles. The summed E-state index contributed by atoms with van der Waals surface area (Å²) in [6.45, 7) is -0.507. The van der Waals surface area contributed by atoms with Crippen molar-refractivity contribution in [3.8, 4) is 0 Å². The van der Waals surface area contributed by atoms with Crippen LogP contribution in [0.1, 0.15) is 0 Å². The van der Waals surface area contributed by atoms with Gasteiger partial charge >= 0.3 is 5.97 Å². The zero-order valence-corrected chi connectivity index (χ0v) is 5.88. The monoisotopic (exact) mass is 182 g/mol. The zero-order valence-electron chi connectivity index (χ0n) is 3.42. The summed E-state index contributed by atoms with van der Waals surface area (Å²) < 4.78 is 0. The molecule has 1 aliphatic heterocycles. The van der Waals surface area contributed by atoms with Crippen LogP contribution in [0.25, 0.3) is 0 Å². The van der Waals surface area contributed by atoms with Gasteiger partial charge < -0.3 is 10.2 Å². The van der Waals surface area contributed by atoms with Crippen LogP contribution < -0.4 is 0 Å². The van der Waals surface area contributed by atoms with Crippen LogP contribution >= 0.6 is 0 Å². The fourth-order valence-corrected chi connectivity index (χ4v) is 0.101. The molecule has 0 aromatic carbocycles. The SMILES string of the molecule is OCC1(O)OO1.[Zr]. The third kappa shape index (κ3) is 1.97. The predicted octanol–water partition coefficient (Wildman–Crippen LogP) is -1.42. The van der Waals surface area contributed by atoms with Gasteiger partial charge in [0.25, 0.3) is 0 Å². The van der Waals surface area contributed by atoms with Gasteiger partial charge in [-0.1, -0.05) is 0 Å². The van der Waals surface area contributed by atoms with Gasteiger partial charge in [0, 0.05) is 26.2 Å². The van der Waals surface area contributed by atoms with E-state index in [1.807, 2.05) is 0 Å². The fraction of sp³-hybridized carbons (Fsp3) is 1.00. The Bertz CT molecular complexity index is 60.7. The first-order valence-electron chi connectivity index (χ1n) is 1.47. The summed E-state index contributed by atoms with van der Waals surface area (Å²) in [6.07, 6.45) is 0. The molecule has 0 saturated carbocycles. The molecular weight excluding hydrogens is 179 g/mol. The van der Waals surface area contributed by atoms with Crippen LogP contribution in [0, 0.1) is 0 Å². The second kappa shape index (κ2) is 2.33. The molecule has 1 fully saturated rings. The van der Waals surface area contributed by atoms with E-state index in [9.17, 15) is 0 Å². The van der Waals surface area contributed by atoms with Crippen LogP contribution in [0.2, 0.25) is 0 Å². The van der Waals surface area contributed by atoms with Crippen molar-refractivity contribution in [3.63, 3.8) is 0 Å². The summed E-state index contributed by atoms with van der Waals surface area (Å²) in [7, 11) is 0. The van der Waals surface area contributed by atoms with E-state index in [1.54, 1.807) is 0 Å². The van der Waals surface area contributed by atoms with E-state index < -0.39 is 12.6 Å². The second-order valence-corrected chi connectivity index (χ2v) is 1.04. The summed E-state index contributed by atoms with van der Waals surface area (Å²) in [5, 5.41) is 16.2. The normalized spacial score (nSPS) is 23.1. The summed E-state index contributed by atoms with van der Waals surface area (Å²) >= 11 is 0. The molecule has 5 heteroatoms. The Morgan fingerprint density at radius 1 is 1.43 bits per heavy atom. The Labute approximate surface area is 59.1 Å². The van der Waals surface area contributed by atoms with E-state index in [4.69, 9.17) is 10.2 Å². The standard InChI is InChI=1S/C2H4O4.Zr/c3-1-2(4)5-6-2;/h3-4H,1H2;. The topological polar surface area (TPSA) is 65.5 Å². The number of aliphatic hydroxyl groups excluding tert-OH is 1. The van der Waals surface area contributed by atoms with Gasteiger partial charge in [-0.05, 0) is 0 Å². The molecule has 1 aliphatic rings. The quantitative estimate of drug-likeness (QED) is 0.387. The van der Waals surface area contributed by atoms with Crippen LogP contribution in [-0.2, 0) is 36.0 Å². The van der Waals surface area contributed by atoms with Gasteiger partial charge in [-0.25, -0.2) is 0 Å². The molecule has 1 saturated heterocycles.